The summed E-state index contributed by atoms with van der Waals surface area (Å²) in [6.45, 7) is 19.3. The second-order valence-electron chi connectivity index (χ2n) is 11.6. The lowest BCUT2D eigenvalue weighted by Crippen LogP contribution is -2.34. The Morgan fingerprint density at radius 2 is 0.771 bits per heavy atom. The summed E-state index contributed by atoms with van der Waals surface area (Å²) < 4.78 is 0. The van der Waals surface area contributed by atoms with Gasteiger partial charge in [0.05, 0.1) is 11.4 Å². The smallest absolute Gasteiger partial charge is 0.152 e. The molecule has 0 radical (unpaired) electrons. The Morgan fingerprint density at radius 3 is 0.971 bits per heavy atom. The van der Waals surface area contributed by atoms with Crippen LogP contribution in [0.25, 0.3) is 0 Å². The highest BCUT2D eigenvalue weighted by Crippen LogP contribution is 2.45. The minimum atomic E-state index is 0.443. The molecule has 0 saturated carbocycles. The SMILES string of the molecule is CC(C)c1cccc(C(C)C)c1N1CN(c2c(C(C)C)cccc2C(C)C)C(N(C)C)=C1N(C)C. The van der Waals surface area contributed by atoms with Crippen LogP contribution >= 0.6 is 0 Å². The first-order valence-electron chi connectivity index (χ1n) is 13.3. The summed E-state index contributed by atoms with van der Waals surface area (Å²) in [5.74, 6) is 4.27. The van der Waals surface area contributed by atoms with Crippen LogP contribution in [0.1, 0.15) is 101 Å². The van der Waals surface area contributed by atoms with Crippen LogP contribution in [-0.2, 0) is 0 Å². The van der Waals surface area contributed by atoms with Crippen molar-refractivity contribution in [2.45, 2.75) is 79.1 Å². The third kappa shape index (κ3) is 5.03. The minimum absolute atomic E-state index is 0.443. The Bertz CT molecular complexity index is 924. The fraction of sp³-hybridized carbons (Fsp3) is 0.548. The van der Waals surface area contributed by atoms with Crippen molar-refractivity contribution in [3.8, 4) is 0 Å². The fourth-order valence-electron chi connectivity index (χ4n) is 5.40. The third-order valence-corrected chi connectivity index (χ3v) is 7.07. The zero-order valence-corrected chi connectivity index (χ0v) is 24.3. The van der Waals surface area contributed by atoms with Gasteiger partial charge >= 0.3 is 0 Å². The molecular weight excluding hydrogens is 428 g/mol. The molecule has 1 aliphatic rings. The molecule has 0 unspecified atom stereocenters. The largest absolute Gasteiger partial charge is 0.361 e. The fourth-order valence-corrected chi connectivity index (χ4v) is 5.40. The molecule has 192 valence electrons. The van der Waals surface area contributed by atoms with Gasteiger partial charge in [0.15, 0.2) is 11.6 Å². The van der Waals surface area contributed by atoms with Crippen LogP contribution in [0.15, 0.2) is 48.0 Å². The molecule has 1 heterocycles. The van der Waals surface area contributed by atoms with Crippen molar-refractivity contribution in [2.24, 2.45) is 0 Å². The number of hydrogen-bond acceptors (Lipinski definition) is 4. The first-order chi connectivity index (χ1) is 16.4. The molecule has 1 aliphatic heterocycles. The molecule has 0 aromatic heterocycles. The van der Waals surface area contributed by atoms with Crippen LogP contribution in [0.3, 0.4) is 0 Å². The zero-order chi connectivity index (χ0) is 26.2. The van der Waals surface area contributed by atoms with Gasteiger partial charge in [0.2, 0.25) is 0 Å². The second kappa shape index (κ2) is 10.6. The molecule has 3 rings (SSSR count). The number of rotatable bonds is 8. The molecule has 35 heavy (non-hydrogen) atoms. The molecule has 0 amide bonds. The highest BCUT2D eigenvalue weighted by molar-refractivity contribution is 5.73. The van der Waals surface area contributed by atoms with Gasteiger partial charge in [-0.2, -0.15) is 0 Å². The van der Waals surface area contributed by atoms with Gasteiger partial charge in [-0.05, 0) is 45.9 Å². The molecule has 2 aromatic rings. The van der Waals surface area contributed by atoms with E-state index in [0.29, 0.717) is 23.7 Å². The number of nitrogens with zero attached hydrogens (tertiary/aromatic N) is 4. The second-order valence-corrected chi connectivity index (χ2v) is 11.6. The molecule has 4 heteroatoms. The summed E-state index contributed by atoms with van der Waals surface area (Å²) in [6, 6.07) is 13.7. The van der Waals surface area contributed by atoms with E-state index in [2.05, 4.69) is 140 Å². The average Bonchev–Trinajstić information content (AvgIpc) is 3.18. The molecular formula is C31H48N4. The zero-order valence-electron chi connectivity index (χ0n) is 24.3. The van der Waals surface area contributed by atoms with Gasteiger partial charge in [-0.3, -0.25) is 0 Å². The van der Waals surface area contributed by atoms with E-state index in [1.54, 1.807) is 0 Å². The third-order valence-electron chi connectivity index (χ3n) is 7.07. The van der Waals surface area contributed by atoms with Crippen molar-refractivity contribution in [3.63, 3.8) is 0 Å². The van der Waals surface area contributed by atoms with Crippen molar-refractivity contribution in [1.82, 2.24) is 9.80 Å². The standard InChI is InChI=1S/C31H48N4/c1-20(2)24-15-13-16-25(21(3)4)28(24)34-19-35(31(33(11)12)30(34)32(9)10)29-26(22(5)6)17-14-18-27(29)23(7)8/h13-18,20-23H,19H2,1-12H3. The van der Waals surface area contributed by atoms with Crippen molar-refractivity contribution in [1.29, 1.82) is 0 Å². The maximum Gasteiger partial charge on any atom is 0.152 e. The highest BCUT2D eigenvalue weighted by Gasteiger charge is 2.38. The van der Waals surface area contributed by atoms with Crippen molar-refractivity contribution >= 4 is 11.4 Å². The minimum Gasteiger partial charge on any atom is -0.361 e. The van der Waals surface area contributed by atoms with E-state index < -0.39 is 0 Å². The Morgan fingerprint density at radius 1 is 0.514 bits per heavy atom. The predicted octanol–water partition coefficient (Wildman–Crippen LogP) is 7.71. The Labute approximate surface area is 215 Å². The summed E-state index contributed by atoms with van der Waals surface area (Å²) in [6.07, 6.45) is 0. The Hall–Kier alpha value is -2.62. The summed E-state index contributed by atoms with van der Waals surface area (Å²) in [5.41, 5.74) is 8.40. The summed E-state index contributed by atoms with van der Waals surface area (Å²) >= 11 is 0. The van der Waals surface area contributed by atoms with E-state index in [1.807, 2.05) is 0 Å². The molecule has 0 bridgehead atoms. The average molecular weight is 477 g/mol. The van der Waals surface area contributed by atoms with Crippen molar-refractivity contribution in [3.05, 3.63) is 70.3 Å². The molecule has 0 fully saturated rings. The first kappa shape index (κ1) is 27.0. The number of hydrogen-bond donors (Lipinski definition) is 0. The molecule has 0 atom stereocenters. The molecule has 4 nitrogen and oxygen atoms in total. The van der Waals surface area contributed by atoms with E-state index in [0.717, 1.165) is 6.67 Å². The molecule has 0 aliphatic carbocycles. The quantitative estimate of drug-likeness (QED) is 0.387. The van der Waals surface area contributed by atoms with Crippen molar-refractivity contribution < 1.29 is 0 Å². The van der Waals surface area contributed by atoms with Gasteiger partial charge in [-0.1, -0.05) is 91.8 Å². The highest BCUT2D eigenvalue weighted by atomic mass is 15.5. The Kier molecular flexibility index (Phi) is 8.14. The van der Waals surface area contributed by atoms with Crippen LogP contribution in [-0.4, -0.2) is 44.7 Å². The topological polar surface area (TPSA) is 13.0 Å². The Balaban J connectivity index is 2.37. The van der Waals surface area contributed by atoms with Crippen LogP contribution in [0.5, 0.6) is 0 Å². The van der Waals surface area contributed by atoms with E-state index in [9.17, 15) is 0 Å². The lowest BCUT2D eigenvalue weighted by molar-refractivity contribution is 0.442. The molecule has 0 N–H and O–H groups in total. The lowest BCUT2D eigenvalue weighted by atomic mass is 9.91. The maximum absolute atomic E-state index is 2.57. The van der Waals surface area contributed by atoms with E-state index >= 15 is 0 Å². The normalized spacial score (nSPS) is 14.4. The van der Waals surface area contributed by atoms with Crippen LogP contribution in [0, 0.1) is 0 Å². The van der Waals surface area contributed by atoms with Gasteiger partial charge < -0.3 is 19.6 Å². The van der Waals surface area contributed by atoms with Gasteiger partial charge in [-0.25, -0.2) is 0 Å². The number of anilines is 2. The van der Waals surface area contributed by atoms with Crippen molar-refractivity contribution in [2.75, 3.05) is 44.7 Å². The molecule has 0 spiro atoms. The van der Waals surface area contributed by atoms with Gasteiger partial charge in [0.25, 0.3) is 0 Å². The van der Waals surface area contributed by atoms with E-state index in [-0.39, 0.29) is 0 Å². The maximum atomic E-state index is 2.57. The monoisotopic (exact) mass is 476 g/mol. The van der Waals surface area contributed by atoms with E-state index in [1.165, 1.54) is 45.3 Å². The van der Waals surface area contributed by atoms with Gasteiger partial charge in [-0.15, -0.1) is 0 Å². The number of para-hydroxylation sites is 2. The summed E-state index contributed by atoms with van der Waals surface area (Å²) in [4.78, 5) is 9.73. The summed E-state index contributed by atoms with van der Waals surface area (Å²) in [7, 11) is 8.72. The number of benzene rings is 2. The van der Waals surface area contributed by atoms with Crippen LogP contribution in [0.2, 0.25) is 0 Å². The van der Waals surface area contributed by atoms with Gasteiger partial charge in [0.1, 0.15) is 6.67 Å². The van der Waals surface area contributed by atoms with E-state index in [4.69, 9.17) is 0 Å². The van der Waals surface area contributed by atoms with Gasteiger partial charge in [0, 0.05) is 28.2 Å². The predicted molar refractivity (Wildman–Crippen MR) is 153 cm³/mol. The molecule has 0 saturated heterocycles. The lowest BCUT2D eigenvalue weighted by Gasteiger charge is -2.33. The van der Waals surface area contributed by atoms with Crippen LogP contribution < -0.4 is 9.80 Å². The molecule has 2 aromatic carbocycles. The van der Waals surface area contributed by atoms with Crippen LogP contribution in [0.4, 0.5) is 11.4 Å². The first-order valence-corrected chi connectivity index (χ1v) is 13.3. The summed E-state index contributed by atoms with van der Waals surface area (Å²) in [5, 5.41) is 0.